The fraction of sp³-hybridized carbons (Fsp3) is 0.650. The summed E-state index contributed by atoms with van der Waals surface area (Å²) in [7, 11) is 0.471. The molecule has 0 radical (unpaired) electrons. The maximum absolute atomic E-state index is 11.4. The van der Waals surface area contributed by atoms with Crippen LogP contribution in [0.2, 0.25) is 0 Å². The number of likely N-dealkylation sites (tertiary alicyclic amines) is 1. The molecule has 1 aromatic carbocycles. The van der Waals surface area contributed by atoms with Gasteiger partial charge in [-0.05, 0) is 45.3 Å². The van der Waals surface area contributed by atoms with Gasteiger partial charge in [0.1, 0.15) is 15.6 Å². The number of methoxy groups -OCH3 is 1. The summed E-state index contributed by atoms with van der Waals surface area (Å²) in [6.45, 7) is 4.80. The molecule has 1 aliphatic rings. The Morgan fingerprint density at radius 3 is 2.52 bits per heavy atom. The van der Waals surface area contributed by atoms with Gasteiger partial charge in [0.05, 0.1) is 18.9 Å². The van der Waals surface area contributed by atoms with Gasteiger partial charge in [-0.1, -0.05) is 18.2 Å². The number of halogens is 1. The Morgan fingerprint density at radius 2 is 1.93 bits per heavy atom. The van der Waals surface area contributed by atoms with E-state index in [2.05, 4.69) is 26.6 Å². The molecule has 7 nitrogen and oxygen atoms in total. The molecule has 1 aliphatic heterocycles. The predicted molar refractivity (Wildman–Crippen MR) is 130 cm³/mol. The number of benzene rings is 1. The Bertz CT molecular complexity index is 752. The van der Waals surface area contributed by atoms with Gasteiger partial charge >= 0.3 is 0 Å². The van der Waals surface area contributed by atoms with Crippen LogP contribution in [0.15, 0.2) is 29.3 Å². The summed E-state index contributed by atoms with van der Waals surface area (Å²) in [5.41, 5.74) is 1.17. The van der Waals surface area contributed by atoms with E-state index in [1.54, 1.807) is 14.2 Å². The molecule has 1 aromatic rings. The van der Waals surface area contributed by atoms with E-state index in [0.29, 0.717) is 18.9 Å². The van der Waals surface area contributed by atoms with Gasteiger partial charge in [-0.3, -0.25) is 9.89 Å². The first-order valence-corrected chi connectivity index (χ1v) is 11.9. The SMILES string of the molecule is CN=C(NCC(c1ccccc1OC)N1CCCC1)NC(C)CCS(C)(=O)=O.I. The predicted octanol–water partition coefficient (Wildman–Crippen LogP) is 2.44. The van der Waals surface area contributed by atoms with Crippen LogP contribution < -0.4 is 15.4 Å². The van der Waals surface area contributed by atoms with Crippen molar-refractivity contribution in [2.75, 3.05) is 45.8 Å². The topological polar surface area (TPSA) is 83.0 Å². The summed E-state index contributed by atoms with van der Waals surface area (Å²) in [4.78, 5) is 6.78. The molecule has 2 N–H and O–H groups in total. The van der Waals surface area contributed by atoms with Crippen LogP contribution in [0.1, 0.15) is 37.8 Å². The van der Waals surface area contributed by atoms with Crippen molar-refractivity contribution < 1.29 is 13.2 Å². The minimum Gasteiger partial charge on any atom is -0.496 e. The lowest BCUT2D eigenvalue weighted by molar-refractivity contribution is 0.239. The lowest BCUT2D eigenvalue weighted by Gasteiger charge is -2.30. The highest BCUT2D eigenvalue weighted by atomic mass is 127. The number of hydrogen-bond acceptors (Lipinski definition) is 5. The number of hydrogen-bond donors (Lipinski definition) is 2. The second kappa shape index (κ2) is 12.6. The molecule has 166 valence electrons. The number of sulfone groups is 1. The van der Waals surface area contributed by atoms with Crippen molar-refractivity contribution in [3.05, 3.63) is 29.8 Å². The molecule has 1 fully saturated rings. The zero-order valence-corrected chi connectivity index (χ0v) is 21.0. The molecular formula is C20H35IN4O3S. The highest BCUT2D eigenvalue weighted by Crippen LogP contribution is 2.31. The Kier molecular flexibility index (Phi) is 11.3. The van der Waals surface area contributed by atoms with Crippen LogP contribution in [-0.4, -0.2) is 71.1 Å². The molecule has 2 atom stereocenters. The Morgan fingerprint density at radius 1 is 1.28 bits per heavy atom. The molecule has 0 aliphatic carbocycles. The summed E-state index contributed by atoms with van der Waals surface area (Å²) in [6, 6.07) is 8.34. The van der Waals surface area contributed by atoms with E-state index in [-0.39, 0.29) is 41.8 Å². The summed E-state index contributed by atoms with van der Waals surface area (Å²) in [6.07, 6.45) is 4.23. The second-order valence-electron chi connectivity index (χ2n) is 7.42. The van der Waals surface area contributed by atoms with Gasteiger partial charge in [-0.15, -0.1) is 24.0 Å². The van der Waals surface area contributed by atoms with Crippen molar-refractivity contribution in [3.63, 3.8) is 0 Å². The Labute approximate surface area is 192 Å². The third-order valence-corrected chi connectivity index (χ3v) is 6.05. The maximum Gasteiger partial charge on any atom is 0.191 e. The lowest BCUT2D eigenvalue weighted by atomic mass is 10.0. The first-order valence-electron chi connectivity index (χ1n) is 9.86. The third kappa shape index (κ3) is 8.67. The van der Waals surface area contributed by atoms with Gasteiger partial charge in [0, 0.05) is 31.5 Å². The summed E-state index contributed by atoms with van der Waals surface area (Å²) < 4.78 is 28.3. The molecule has 0 amide bonds. The highest BCUT2D eigenvalue weighted by molar-refractivity contribution is 14.0. The van der Waals surface area contributed by atoms with Gasteiger partial charge in [0.15, 0.2) is 5.96 Å². The molecule has 29 heavy (non-hydrogen) atoms. The molecule has 2 unspecified atom stereocenters. The maximum atomic E-state index is 11.4. The van der Waals surface area contributed by atoms with E-state index in [1.807, 2.05) is 25.1 Å². The molecule has 0 bridgehead atoms. The summed E-state index contributed by atoms with van der Waals surface area (Å²) >= 11 is 0. The number of nitrogens with one attached hydrogen (secondary N) is 2. The van der Waals surface area contributed by atoms with Gasteiger partial charge in [0.25, 0.3) is 0 Å². The number of guanidine groups is 1. The quantitative estimate of drug-likeness (QED) is 0.286. The monoisotopic (exact) mass is 538 g/mol. The lowest BCUT2D eigenvalue weighted by Crippen LogP contribution is -2.46. The molecule has 2 rings (SSSR count). The van der Waals surface area contributed by atoms with Gasteiger partial charge in [-0.25, -0.2) is 8.42 Å². The second-order valence-corrected chi connectivity index (χ2v) is 9.68. The van der Waals surface area contributed by atoms with Gasteiger partial charge in [0.2, 0.25) is 0 Å². The van der Waals surface area contributed by atoms with Crippen molar-refractivity contribution in [3.8, 4) is 5.75 Å². The Hall–Kier alpha value is -1.07. The zero-order chi connectivity index (χ0) is 20.6. The van der Waals surface area contributed by atoms with Crippen molar-refractivity contribution in [2.24, 2.45) is 4.99 Å². The van der Waals surface area contributed by atoms with Crippen LogP contribution in [-0.2, 0) is 9.84 Å². The van der Waals surface area contributed by atoms with Crippen LogP contribution in [0, 0.1) is 0 Å². The average molecular weight is 538 g/mol. The van der Waals surface area contributed by atoms with Crippen LogP contribution in [0.25, 0.3) is 0 Å². The van der Waals surface area contributed by atoms with E-state index in [4.69, 9.17) is 4.74 Å². The number of nitrogens with zero attached hydrogens (tertiary/aromatic N) is 2. The molecule has 1 heterocycles. The summed E-state index contributed by atoms with van der Waals surface area (Å²) in [5, 5.41) is 6.71. The van der Waals surface area contributed by atoms with Crippen molar-refractivity contribution in [2.45, 2.75) is 38.3 Å². The van der Waals surface area contributed by atoms with Crippen LogP contribution >= 0.6 is 24.0 Å². The molecule has 1 saturated heterocycles. The van der Waals surface area contributed by atoms with Crippen molar-refractivity contribution in [1.29, 1.82) is 0 Å². The minimum absolute atomic E-state index is 0. The molecule has 0 saturated carbocycles. The standard InChI is InChI=1S/C20H34N4O3S.HI/c1-16(11-14-28(4,25)26)23-20(21-2)22-15-18(24-12-7-8-13-24)17-9-5-6-10-19(17)27-3;/h5-6,9-10,16,18H,7-8,11-15H2,1-4H3,(H2,21,22,23);1H. The van der Waals surface area contributed by atoms with E-state index in [0.717, 1.165) is 18.8 Å². The number of aliphatic imine (C=N–C) groups is 1. The Balaban J connectivity index is 0.00000420. The largest absolute Gasteiger partial charge is 0.496 e. The van der Waals surface area contributed by atoms with Gasteiger partial charge in [-0.2, -0.15) is 0 Å². The number of para-hydroxylation sites is 1. The number of ether oxygens (including phenoxy) is 1. The number of rotatable bonds is 9. The molecule has 9 heteroatoms. The minimum atomic E-state index is -2.96. The average Bonchev–Trinajstić information content (AvgIpc) is 3.20. The van der Waals surface area contributed by atoms with Crippen molar-refractivity contribution >= 4 is 39.8 Å². The van der Waals surface area contributed by atoms with Gasteiger partial charge < -0.3 is 15.4 Å². The van der Waals surface area contributed by atoms with E-state index < -0.39 is 9.84 Å². The fourth-order valence-electron chi connectivity index (χ4n) is 3.52. The van der Waals surface area contributed by atoms with E-state index in [1.165, 1.54) is 24.7 Å². The first kappa shape index (κ1) is 26.0. The molecule has 0 spiro atoms. The van der Waals surface area contributed by atoms with E-state index >= 15 is 0 Å². The van der Waals surface area contributed by atoms with E-state index in [9.17, 15) is 8.42 Å². The first-order chi connectivity index (χ1) is 13.3. The molecule has 0 aromatic heterocycles. The van der Waals surface area contributed by atoms with Crippen molar-refractivity contribution in [1.82, 2.24) is 15.5 Å². The van der Waals surface area contributed by atoms with Crippen LogP contribution in [0.3, 0.4) is 0 Å². The smallest absolute Gasteiger partial charge is 0.191 e. The summed E-state index contributed by atoms with van der Waals surface area (Å²) in [5.74, 6) is 1.74. The van der Waals surface area contributed by atoms with Crippen LogP contribution in [0.4, 0.5) is 0 Å². The van der Waals surface area contributed by atoms with Crippen LogP contribution in [0.5, 0.6) is 5.75 Å². The normalized spacial score (nSPS) is 17.3. The zero-order valence-electron chi connectivity index (χ0n) is 17.8. The third-order valence-electron chi connectivity index (χ3n) is 5.07. The fourth-order valence-corrected chi connectivity index (χ4v) is 4.30. The highest BCUT2D eigenvalue weighted by Gasteiger charge is 2.26. The molecular weight excluding hydrogens is 503 g/mol.